The Hall–Kier alpha value is -1.82. The third-order valence-electron chi connectivity index (χ3n) is 3.52. The van der Waals surface area contributed by atoms with Crippen LogP contribution < -0.4 is 5.32 Å². The first kappa shape index (κ1) is 18.2. The lowest BCUT2D eigenvalue weighted by atomic mass is 10.2. The van der Waals surface area contributed by atoms with Crippen LogP contribution in [0.4, 0.5) is 0 Å². The summed E-state index contributed by atoms with van der Waals surface area (Å²) in [6.45, 7) is 4.85. The summed E-state index contributed by atoms with van der Waals surface area (Å²) in [6.07, 6.45) is 1.98. The fourth-order valence-corrected chi connectivity index (χ4v) is 2.32. The maximum absolute atomic E-state index is 12.2. The number of carbonyl (C=O) groups excluding carboxylic acids is 2. The molecule has 0 spiro atoms. The topological polar surface area (TPSA) is 63.6 Å². The molecule has 0 aliphatic carbocycles. The molecule has 1 N–H and O–H groups in total. The molecule has 1 amide bonds. The number of carbonyl (C=O) groups is 2. The van der Waals surface area contributed by atoms with E-state index in [0.717, 1.165) is 18.5 Å². The van der Waals surface area contributed by atoms with E-state index in [1.807, 2.05) is 14.1 Å². The molecule has 0 saturated heterocycles. The van der Waals surface area contributed by atoms with E-state index in [0.29, 0.717) is 18.8 Å². The van der Waals surface area contributed by atoms with Crippen molar-refractivity contribution in [2.45, 2.75) is 32.7 Å². The van der Waals surface area contributed by atoms with E-state index >= 15 is 0 Å². The van der Waals surface area contributed by atoms with Gasteiger partial charge in [-0.15, -0.1) is 0 Å². The lowest BCUT2D eigenvalue weighted by Gasteiger charge is -2.23. The molecule has 0 aliphatic rings. The highest BCUT2D eigenvalue weighted by Crippen LogP contribution is 2.22. The van der Waals surface area contributed by atoms with E-state index in [1.165, 1.54) is 0 Å². The quantitative estimate of drug-likeness (QED) is 0.587. The molecule has 0 radical (unpaired) electrons. The molecule has 0 fully saturated rings. The number of ether oxygens (including phenoxy) is 1. The minimum Gasteiger partial charge on any atom is -0.465 e. The van der Waals surface area contributed by atoms with Crippen LogP contribution in [-0.2, 0) is 16.6 Å². The van der Waals surface area contributed by atoms with Crippen LogP contribution in [0.5, 0.6) is 0 Å². The Morgan fingerprint density at radius 1 is 1.32 bits per heavy atom. The first-order valence-electron chi connectivity index (χ1n) is 7.70. The number of amides is 1. The van der Waals surface area contributed by atoms with Gasteiger partial charge in [-0.25, -0.2) is 4.79 Å². The molecule has 1 unspecified atom stereocenters. The number of aromatic nitrogens is 1. The second-order valence-electron chi connectivity index (χ2n) is 5.43. The van der Waals surface area contributed by atoms with Crippen molar-refractivity contribution in [2.75, 3.05) is 27.2 Å². The summed E-state index contributed by atoms with van der Waals surface area (Å²) in [5.41, 5.74) is 1.28. The van der Waals surface area contributed by atoms with E-state index in [1.54, 1.807) is 35.6 Å². The smallest absolute Gasteiger partial charge is 0.329 e. The molecule has 0 saturated carbocycles. The van der Waals surface area contributed by atoms with E-state index in [-0.39, 0.29) is 11.9 Å². The van der Waals surface area contributed by atoms with Gasteiger partial charge in [0.15, 0.2) is 0 Å². The van der Waals surface area contributed by atoms with Crippen LogP contribution in [0.2, 0.25) is 0 Å². The SMILES string of the molecule is CCCCNC(=O)c1ccc(C(C(=O)OCC)N(C)C)n1C. The van der Waals surface area contributed by atoms with E-state index in [4.69, 9.17) is 4.74 Å². The number of rotatable bonds is 8. The second kappa shape index (κ2) is 8.58. The molecule has 0 aromatic carbocycles. The molecule has 0 aliphatic heterocycles. The molecule has 6 heteroatoms. The van der Waals surface area contributed by atoms with Crippen LogP contribution >= 0.6 is 0 Å². The summed E-state index contributed by atoms with van der Waals surface area (Å²) in [7, 11) is 5.42. The first-order valence-corrected chi connectivity index (χ1v) is 7.70. The molecule has 1 atom stereocenters. The Bertz CT molecular complexity index is 509. The van der Waals surface area contributed by atoms with Gasteiger partial charge >= 0.3 is 5.97 Å². The first-order chi connectivity index (χ1) is 10.4. The summed E-state index contributed by atoms with van der Waals surface area (Å²) < 4.78 is 6.88. The van der Waals surface area contributed by atoms with Gasteiger partial charge in [-0.05, 0) is 39.6 Å². The zero-order chi connectivity index (χ0) is 16.7. The normalized spacial score (nSPS) is 12.3. The minimum atomic E-state index is -0.526. The lowest BCUT2D eigenvalue weighted by Crippen LogP contribution is -2.32. The largest absolute Gasteiger partial charge is 0.465 e. The average molecular weight is 309 g/mol. The van der Waals surface area contributed by atoms with Gasteiger partial charge in [-0.1, -0.05) is 13.3 Å². The average Bonchev–Trinajstić information content (AvgIpc) is 2.81. The highest BCUT2D eigenvalue weighted by molar-refractivity contribution is 5.93. The monoisotopic (exact) mass is 309 g/mol. The number of unbranched alkanes of at least 4 members (excludes halogenated alkanes) is 1. The number of hydrogen-bond donors (Lipinski definition) is 1. The van der Waals surface area contributed by atoms with Crippen LogP contribution in [0.1, 0.15) is 48.9 Å². The second-order valence-corrected chi connectivity index (χ2v) is 5.43. The van der Waals surface area contributed by atoms with Crippen molar-refractivity contribution in [1.82, 2.24) is 14.8 Å². The van der Waals surface area contributed by atoms with Gasteiger partial charge in [0.1, 0.15) is 11.7 Å². The highest BCUT2D eigenvalue weighted by Gasteiger charge is 2.28. The van der Waals surface area contributed by atoms with Crippen molar-refractivity contribution >= 4 is 11.9 Å². The van der Waals surface area contributed by atoms with Crippen molar-refractivity contribution in [3.05, 3.63) is 23.5 Å². The van der Waals surface area contributed by atoms with Gasteiger partial charge in [0.25, 0.3) is 5.91 Å². The Labute approximate surface area is 132 Å². The van der Waals surface area contributed by atoms with E-state index in [2.05, 4.69) is 12.2 Å². The predicted molar refractivity (Wildman–Crippen MR) is 85.7 cm³/mol. The molecular formula is C16H27N3O3. The zero-order valence-corrected chi connectivity index (χ0v) is 14.2. The minimum absolute atomic E-state index is 0.122. The summed E-state index contributed by atoms with van der Waals surface area (Å²) >= 11 is 0. The van der Waals surface area contributed by atoms with Crippen molar-refractivity contribution < 1.29 is 14.3 Å². The predicted octanol–water partition coefficient (Wildman–Crippen LogP) is 1.72. The number of nitrogens with one attached hydrogen (secondary N) is 1. The molecule has 0 bridgehead atoms. The van der Waals surface area contributed by atoms with Crippen molar-refractivity contribution in [2.24, 2.45) is 7.05 Å². The van der Waals surface area contributed by atoms with Crippen LogP contribution in [0.3, 0.4) is 0 Å². The highest BCUT2D eigenvalue weighted by atomic mass is 16.5. The Morgan fingerprint density at radius 3 is 2.55 bits per heavy atom. The van der Waals surface area contributed by atoms with Crippen LogP contribution in [0.25, 0.3) is 0 Å². The number of likely N-dealkylation sites (N-methyl/N-ethyl adjacent to an activating group) is 1. The molecule has 1 heterocycles. The van der Waals surface area contributed by atoms with Gasteiger partial charge in [0.2, 0.25) is 0 Å². The summed E-state index contributed by atoms with van der Waals surface area (Å²) in [4.78, 5) is 26.1. The third-order valence-corrected chi connectivity index (χ3v) is 3.52. The molecule has 22 heavy (non-hydrogen) atoms. The zero-order valence-electron chi connectivity index (χ0n) is 14.2. The molecule has 1 aromatic rings. The van der Waals surface area contributed by atoms with Crippen molar-refractivity contribution in [1.29, 1.82) is 0 Å². The van der Waals surface area contributed by atoms with Gasteiger partial charge < -0.3 is 14.6 Å². The summed E-state index contributed by atoms with van der Waals surface area (Å²) in [5.74, 6) is -0.435. The van der Waals surface area contributed by atoms with Crippen molar-refractivity contribution in [3.8, 4) is 0 Å². The summed E-state index contributed by atoms with van der Waals surface area (Å²) in [5, 5.41) is 2.89. The molecule has 1 aromatic heterocycles. The van der Waals surface area contributed by atoms with E-state index < -0.39 is 6.04 Å². The van der Waals surface area contributed by atoms with Gasteiger partial charge in [-0.2, -0.15) is 0 Å². The maximum atomic E-state index is 12.2. The van der Waals surface area contributed by atoms with Gasteiger partial charge in [-0.3, -0.25) is 9.69 Å². The fourth-order valence-electron chi connectivity index (χ4n) is 2.32. The van der Waals surface area contributed by atoms with Crippen LogP contribution in [-0.4, -0.2) is 48.6 Å². The van der Waals surface area contributed by atoms with Crippen LogP contribution in [0.15, 0.2) is 12.1 Å². The number of hydrogen-bond acceptors (Lipinski definition) is 4. The molecule has 1 rings (SSSR count). The standard InChI is InChI=1S/C16H27N3O3/c1-6-8-11-17-15(20)13-10-9-12(19(13)5)14(18(3)4)16(21)22-7-2/h9-10,14H,6-8,11H2,1-5H3,(H,17,20). The molecular weight excluding hydrogens is 282 g/mol. The Morgan fingerprint density at radius 2 is 2.00 bits per heavy atom. The fraction of sp³-hybridized carbons (Fsp3) is 0.625. The third kappa shape index (κ3) is 4.34. The van der Waals surface area contributed by atoms with Gasteiger partial charge in [0.05, 0.1) is 6.61 Å². The lowest BCUT2D eigenvalue weighted by molar-refractivity contribution is -0.149. The number of nitrogens with zero attached hydrogens (tertiary/aromatic N) is 2. The maximum Gasteiger partial charge on any atom is 0.329 e. The molecule has 124 valence electrons. The van der Waals surface area contributed by atoms with Crippen molar-refractivity contribution in [3.63, 3.8) is 0 Å². The number of esters is 1. The summed E-state index contributed by atoms with van der Waals surface area (Å²) in [6, 6.07) is 3.02. The Kier molecular flexibility index (Phi) is 7.11. The van der Waals surface area contributed by atoms with Crippen LogP contribution in [0, 0.1) is 0 Å². The molecule has 6 nitrogen and oxygen atoms in total. The van der Waals surface area contributed by atoms with E-state index in [9.17, 15) is 9.59 Å². The van der Waals surface area contributed by atoms with Gasteiger partial charge in [0, 0.05) is 19.3 Å². The Balaban J connectivity index is 2.96.